The van der Waals surface area contributed by atoms with Crippen LogP contribution in [0, 0.1) is 18.8 Å². The molecule has 0 fully saturated rings. The molecule has 0 radical (unpaired) electrons. The van der Waals surface area contributed by atoms with E-state index in [1.54, 1.807) is 0 Å². The Morgan fingerprint density at radius 1 is 1.00 bits per heavy atom. The molecular formula is C18H32N2. The molecule has 0 aliphatic rings. The lowest BCUT2D eigenvalue weighted by atomic mass is 10.0. The summed E-state index contributed by atoms with van der Waals surface area (Å²) >= 11 is 0. The number of likely N-dealkylation sites (N-methyl/N-ethyl adjacent to an activating group) is 1. The van der Waals surface area contributed by atoms with Gasteiger partial charge >= 0.3 is 0 Å². The zero-order valence-electron chi connectivity index (χ0n) is 14.1. The maximum atomic E-state index is 3.60. The maximum Gasteiger partial charge on any atom is 0.0244 e. The molecule has 20 heavy (non-hydrogen) atoms. The normalized spacial score (nSPS) is 13.4. The van der Waals surface area contributed by atoms with Gasteiger partial charge in [-0.25, -0.2) is 0 Å². The second-order valence-corrected chi connectivity index (χ2v) is 6.76. The number of aryl methyl sites for hydroxylation is 1. The lowest BCUT2D eigenvalue weighted by Crippen LogP contribution is -2.43. The summed E-state index contributed by atoms with van der Waals surface area (Å²) in [4.78, 5) is 2.47. The molecule has 0 spiro atoms. The van der Waals surface area contributed by atoms with Gasteiger partial charge in [0.1, 0.15) is 0 Å². The van der Waals surface area contributed by atoms with Gasteiger partial charge in [0.25, 0.3) is 0 Å². The zero-order chi connectivity index (χ0) is 15.1. The molecule has 1 atom stereocenters. The molecule has 1 unspecified atom stereocenters. The second kappa shape index (κ2) is 8.43. The Balaban J connectivity index is 2.54. The van der Waals surface area contributed by atoms with Gasteiger partial charge in [0.15, 0.2) is 0 Å². The van der Waals surface area contributed by atoms with Crippen molar-refractivity contribution in [1.29, 1.82) is 0 Å². The van der Waals surface area contributed by atoms with E-state index in [1.165, 1.54) is 11.1 Å². The van der Waals surface area contributed by atoms with E-state index in [0.717, 1.165) is 19.6 Å². The van der Waals surface area contributed by atoms with Gasteiger partial charge in [-0.2, -0.15) is 0 Å². The summed E-state index contributed by atoms with van der Waals surface area (Å²) in [5.41, 5.74) is 2.73. The third-order valence-electron chi connectivity index (χ3n) is 3.79. The van der Waals surface area contributed by atoms with Gasteiger partial charge in [0.05, 0.1) is 0 Å². The first kappa shape index (κ1) is 17.2. The lowest BCUT2D eigenvalue weighted by molar-refractivity contribution is 0.178. The quantitative estimate of drug-likeness (QED) is 0.779. The molecule has 2 nitrogen and oxygen atoms in total. The summed E-state index contributed by atoms with van der Waals surface area (Å²) < 4.78 is 0. The summed E-state index contributed by atoms with van der Waals surface area (Å²) in [5.74, 6) is 1.37. The molecule has 0 aromatic heterocycles. The zero-order valence-corrected chi connectivity index (χ0v) is 14.1. The van der Waals surface area contributed by atoms with E-state index < -0.39 is 0 Å². The summed E-state index contributed by atoms with van der Waals surface area (Å²) in [6, 6.07) is 9.46. The number of benzene rings is 1. The van der Waals surface area contributed by atoms with Gasteiger partial charge in [0.2, 0.25) is 0 Å². The van der Waals surface area contributed by atoms with Crippen molar-refractivity contribution in [2.75, 3.05) is 20.1 Å². The maximum absolute atomic E-state index is 3.60. The van der Waals surface area contributed by atoms with E-state index >= 15 is 0 Å². The molecule has 1 aromatic carbocycles. The molecule has 0 aliphatic carbocycles. The average Bonchev–Trinajstić information content (AvgIpc) is 2.36. The SMILES string of the molecule is Cc1ccc(CN(C)C(CNCC(C)C)C(C)C)cc1. The molecule has 1 rings (SSSR count). The minimum Gasteiger partial charge on any atom is -0.315 e. The second-order valence-electron chi connectivity index (χ2n) is 6.76. The van der Waals surface area contributed by atoms with Gasteiger partial charge in [-0.3, -0.25) is 4.90 Å². The highest BCUT2D eigenvalue weighted by atomic mass is 15.1. The van der Waals surface area contributed by atoms with E-state index in [2.05, 4.69) is 76.1 Å². The topological polar surface area (TPSA) is 15.3 Å². The third-order valence-corrected chi connectivity index (χ3v) is 3.79. The fraction of sp³-hybridized carbons (Fsp3) is 0.667. The highest BCUT2D eigenvalue weighted by Crippen LogP contribution is 2.13. The fourth-order valence-electron chi connectivity index (χ4n) is 2.52. The monoisotopic (exact) mass is 276 g/mol. The number of nitrogens with zero attached hydrogens (tertiary/aromatic N) is 1. The molecule has 0 heterocycles. The van der Waals surface area contributed by atoms with Crippen LogP contribution >= 0.6 is 0 Å². The Morgan fingerprint density at radius 3 is 2.10 bits per heavy atom. The molecular weight excluding hydrogens is 244 g/mol. The summed E-state index contributed by atoms with van der Waals surface area (Å²) in [7, 11) is 2.24. The van der Waals surface area contributed by atoms with Crippen molar-refractivity contribution in [1.82, 2.24) is 10.2 Å². The van der Waals surface area contributed by atoms with Crippen LogP contribution in [0.25, 0.3) is 0 Å². The predicted molar refractivity (Wildman–Crippen MR) is 89.0 cm³/mol. The van der Waals surface area contributed by atoms with Gasteiger partial charge in [-0.05, 0) is 37.9 Å². The molecule has 0 aliphatic heterocycles. The Kier molecular flexibility index (Phi) is 7.25. The van der Waals surface area contributed by atoms with E-state index in [1.807, 2.05) is 0 Å². The molecule has 0 bridgehead atoms. The number of rotatable bonds is 8. The molecule has 1 aromatic rings. The smallest absolute Gasteiger partial charge is 0.0244 e. The molecule has 1 N–H and O–H groups in total. The van der Waals surface area contributed by atoms with E-state index in [9.17, 15) is 0 Å². The van der Waals surface area contributed by atoms with Crippen LogP contribution in [0.5, 0.6) is 0 Å². The van der Waals surface area contributed by atoms with Crippen LogP contribution in [0.2, 0.25) is 0 Å². The summed E-state index contributed by atoms with van der Waals surface area (Å²) in [6.07, 6.45) is 0. The van der Waals surface area contributed by atoms with Crippen molar-refractivity contribution in [3.8, 4) is 0 Å². The van der Waals surface area contributed by atoms with Crippen LogP contribution in [-0.4, -0.2) is 31.1 Å². The molecule has 0 saturated carbocycles. The van der Waals surface area contributed by atoms with Crippen molar-refractivity contribution < 1.29 is 0 Å². The van der Waals surface area contributed by atoms with Crippen molar-refractivity contribution in [3.63, 3.8) is 0 Å². The number of hydrogen-bond acceptors (Lipinski definition) is 2. The Bertz CT molecular complexity index is 368. The Labute approximate surface area is 125 Å². The van der Waals surface area contributed by atoms with Gasteiger partial charge in [0, 0.05) is 19.1 Å². The largest absolute Gasteiger partial charge is 0.315 e. The predicted octanol–water partition coefficient (Wildman–Crippen LogP) is 3.70. The standard InChI is InChI=1S/C18H32N2/c1-14(2)11-19-12-18(15(3)4)20(6)13-17-9-7-16(5)8-10-17/h7-10,14-15,18-19H,11-13H2,1-6H3. The minimum absolute atomic E-state index is 0.579. The summed E-state index contributed by atoms with van der Waals surface area (Å²) in [5, 5.41) is 3.60. The van der Waals surface area contributed by atoms with Crippen molar-refractivity contribution in [2.24, 2.45) is 11.8 Å². The molecule has 0 saturated heterocycles. The highest BCUT2D eigenvalue weighted by Gasteiger charge is 2.18. The fourth-order valence-corrected chi connectivity index (χ4v) is 2.52. The van der Waals surface area contributed by atoms with Crippen LogP contribution in [-0.2, 0) is 6.54 Å². The van der Waals surface area contributed by atoms with Crippen LogP contribution in [0.4, 0.5) is 0 Å². The third kappa shape index (κ3) is 6.06. The average molecular weight is 276 g/mol. The molecule has 0 amide bonds. The Hall–Kier alpha value is -0.860. The summed E-state index contributed by atoms with van der Waals surface area (Å²) in [6.45, 7) is 14.5. The van der Waals surface area contributed by atoms with Crippen LogP contribution in [0.3, 0.4) is 0 Å². The molecule has 2 heteroatoms. The molecule has 114 valence electrons. The first-order chi connectivity index (χ1) is 9.40. The van der Waals surface area contributed by atoms with Gasteiger partial charge in [-0.15, -0.1) is 0 Å². The van der Waals surface area contributed by atoms with Gasteiger partial charge in [-0.1, -0.05) is 57.5 Å². The Morgan fingerprint density at radius 2 is 1.60 bits per heavy atom. The number of nitrogens with one attached hydrogen (secondary N) is 1. The first-order valence-corrected chi connectivity index (χ1v) is 7.86. The van der Waals surface area contributed by atoms with Crippen LogP contribution in [0.1, 0.15) is 38.8 Å². The van der Waals surface area contributed by atoms with Crippen molar-refractivity contribution in [2.45, 2.75) is 47.2 Å². The van der Waals surface area contributed by atoms with Crippen LogP contribution < -0.4 is 5.32 Å². The number of hydrogen-bond donors (Lipinski definition) is 1. The van der Waals surface area contributed by atoms with E-state index in [0.29, 0.717) is 17.9 Å². The van der Waals surface area contributed by atoms with E-state index in [-0.39, 0.29) is 0 Å². The van der Waals surface area contributed by atoms with Crippen LogP contribution in [0.15, 0.2) is 24.3 Å². The van der Waals surface area contributed by atoms with E-state index in [4.69, 9.17) is 0 Å². The first-order valence-electron chi connectivity index (χ1n) is 7.86. The van der Waals surface area contributed by atoms with Crippen molar-refractivity contribution >= 4 is 0 Å². The highest BCUT2D eigenvalue weighted by molar-refractivity contribution is 5.21. The van der Waals surface area contributed by atoms with Gasteiger partial charge < -0.3 is 5.32 Å². The minimum atomic E-state index is 0.579. The van der Waals surface area contributed by atoms with Crippen molar-refractivity contribution in [3.05, 3.63) is 35.4 Å². The lowest BCUT2D eigenvalue weighted by Gasteiger charge is -2.32.